The summed E-state index contributed by atoms with van der Waals surface area (Å²) in [5.41, 5.74) is 4.98. The van der Waals surface area contributed by atoms with Crippen molar-refractivity contribution in [3.63, 3.8) is 0 Å². The molecule has 2 aromatic heterocycles. The molecule has 148 valence electrons. The molecule has 3 heterocycles. The smallest absolute Gasteiger partial charge is 0.213 e. The molecule has 1 aliphatic rings. The van der Waals surface area contributed by atoms with Gasteiger partial charge in [0.05, 0.1) is 0 Å². The van der Waals surface area contributed by atoms with E-state index in [1.807, 2.05) is 31.3 Å². The van der Waals surface area contributed by atoms with Gasteiger partial charge in [0.2, 0.25) is 5.78 Å². The molecule has 0 atom stereocenters. The minimum Gasteiger partial charge on any atom is -0.355 e. The van der Waals surface area contributed by atoms with Crippen LogP contribution in [0.15, 0.2) is 54.7 Å². The van der Waals surface area contributed by atoms with E-state index in [1.165, 1.54) is 5.56 Å². The number of nitrogens with one attached hydrogen (secondary N) is 1. The zero-order valence-electron chi connectivity index (χ0n) is 17.0. The van der Waals surface area contributed by atoms with E-state index in [-0.39, 0.29) is 5.78 Å². The van der Waals surface area contributed by atoms with Crippen molar-refractivity contribution in [3.05, 3.63) is 77.2 Å². The Morgan fingerprint density at radius 2 is 1.83 bits per heavy atom. The maximum Gasteiger partial charge on any atom is 0.213 e. The van der Waals surface area contributed by atoms with Crippen LogP contribution < -0.4 is 10.2 Å². The van der Waals surface area contributed by atoms with Crippen LogP contribution in [0.25, 0.3) is 11.1 Å². The molecule has 5 nitrogen and oxygen atoms in total. The summed E-state index contributed by atoms with van der Waals surface area (Å²) in [5.74, 6) is 0.776. The molecule has 0 bridgehead atoms. The standard InChI is InChI=1S/C24H26N4O/c1-17-7-9-19(10-8-17)20-15-21(18(2)26-16-20)24(29)22-5-3-6-23(27-22)28-13-4-11-25-12-14-28/h3,5-10,15-16,25H,4,11-14H2,1-2H3. The number of carbonyl (C=O) groups excluding carboxylic acids is 1. The molecular formula is C24H26N4O. The van der Waals surface area contributed by atoms with Gasteiger partial charge in [-0.05, 0) is 50.6 Å². The molecule has 29 heavy (non-hydrogen) atoms. The van der Waals surface area contributed by atoms with Crippen LogP contribution in [0.1, 0.15) is 33.7 Å². The Hall–Kier alpha value is -3.05. The first-order valence-corrected chi connectivity index (χ1v) is 10.1. The number of ketones is 1. The summed E-state index contributed by atoms with van der Waals surface area (Å²) >= 11 is 0. The highest BCUT2D eigenvalue weighted by atomic mass is 16.1. The molecule has 5 heteroatoms. The summed E-state index contributed by atoms with van der Waals surface area (Å²) in [4.78, 5) is 24.7. The van der Waals surface area contributed by atoms with Crippen LogP contribution in [0.5, 0.6) is 0 Å². The zero-order valence-corrected chi connectivity index (χ0v) is 17.0. The lowest BCUT2D eigenvalue weighted by Gasteiger charge is -2.21. The highest BCUT2D eigenvalue weighted by Gasteiger charge is 2.18. The van der Waals surface area contributed by atoms with Gasteiger partial charge in [-0.25, -0.2) is 4.98 Å². The van der Waals surface area contributed by atoms with Gasteiger partial charge >= 0.3 is 0 Å². The van der Waals surface area contributed by atoms with Crippen molar-refractivity contribution in [2.75, 3.05) is 31.1 Å². The first-order chi connectivity index (χ1) is 14.1. The molecule has 1 N–H and O–H groups in total. The van der Waals surface area contributed by atoms with Gasteiger partial charge in [0, 0.05) is 42.7 Å². The minimum absolute atomic E-state index is 0.0845. The molecule has 1 aliphatic heterocycles. The zero-order chi connectivity index (χ0) is 20.2. The van der Waals surface area contributed by atoms with Crippen LogP contribution in [0.3, 0.4) is 0 Å². The number of rotatable bonds is 4. The van der Waals surface area contributed by atoms with E-state index in [0.29, 0.717) is 11.3 Å². The fourth-order valence-electron chi connectivity index (χ4n) is 3.61. The van der Waals surface area contributed by atoms with Crippen molar-refractivity contribution in [3.8, 4) is 11.1 Å². The average molecular weight is 386 g/mol. The Bertz CT molecular complexity index is 1010. The molecule has 0 amide bonds. The van der Waals surface area contributed by atoms with Gasteiger partial charge in [0.1, 0.15) is 11.5 Å². The van der Waals surface area contributed by atoms with Crippen LogP contribution in [0, 0.1) is 13.8 Å². The summed E-state index contributed by atoms with van der Waals surface area (Å²) in [7, 11) is 0. The summed E-state index contributed by atoms with van der Waals surface area (Å²) < 4.78 is 0. The lowest BCUT2D eigenvalue weighted by molar-refractivity contribution is 0.103. The topological polar surface area (TPSA) is 58.1 Å². The Kier molecular flexibility index (Phi) is 5.67. The van der Waals surface area contributed by atoms with Crippen LogP contribution in [0.4, 0.5) is 5.82 Å². The van der Waals surface area contributed by atoms with Gasteiger partial charge < -0.3 is 10.2 Å². The highest BCUT2D eigenvalue weighted by molar-refractivity contribution is 6.09. The Balaban J connectivity index is 1.65. The van der Waals surface area contributed by atoms with Crippen molar-refractivity contribution in [2.45, 2.75) is 20.3 Å². The van der Waals surface area contributed by atoms with E-state index in [0.717, 1.165) is 55.2 Å². The maximum absolute atomic E-state index is 13.3. The van der Waals surface area contributed by atoms with Gasteiger partial charge in [-0.2, -0.15) is 0 Å². The lowest BCUT2D eigenvalue weighted by Crippen LogP contribution is -2.29. The van der Waals surface area contributed by atoms with Crippen molar-refractivity contribution in [1.29, 1.82) is 0 Å². The SMILES string of the molecule is Cc1ccc(-c2cnc(C)c(C(=O)c3cccc(N4CCCNCC4)n3)c2)cc1. The third-order valence-corrected chi connectivity index (χ3v) is 5.35. The van der Waals surface area contributed by atoms with E-state index in [2.05, 4.69) is 46.4 Å². The van der Waals surface area contributed by atoms with E-state index in [1.54, 1.807) is 6.07 Å². The van der Waals surface area contributed by atoms with Gasteiger partial charge in [-0.1, -0.05) is 35.9 Å². The summed E-state index contributed by atoms with van der Waals surface area (Å²) in [6, 6.07) is 15.9. The number of aryl methyl sites for hydroxylation is 2. The quantitative estimate of drug-likeness (QED) is 0.692. The first-order valence-electron chi connectivity index (χ1n) is 10.1. The molecule has 0 saturated carbocycles. The molecule has 0 radical (unpaired) electrons. The third kappa shape index (κ3) is 4.35. The van der Waals surface area contributed by atoms with Gasteiger partial charge in [0.15, 0.2) is 0 Å². The largest absolute Gasteiger partial charge is 0.355 e. The number of nitrogens with zero attached hydrogens (tertiary/aromatic N) is 3. The van der Waals surface area contributed by atoms with Crippen molar-refractivity contribution >= 4 is 11.6 Å². The number of pyridine rings is 2. The number of hydrogen-bond donors (Lipinski definition) is 1. The second-order valence-corrected chi connectivity index (χ2v) is 7.52. The Morgan fingerprint density at radius 3 is 2.66 bits per heavy atom. The van der Waals surface area contributed by atoms with Crippen molar-refractivity contribution in [2.24, 2.45) is 0 Å². The third-order valence-electron chi connectivity index (χ3n) is 5.35. The van der Waals surface area contributed by atoms with E-state index >= 15 is 0 Å². The molecule has 1 aromatic carbocycles. The Labute approximate surface area is 171 Å². The number of anilines is 1. The molecule has 3 aromatic rings. The highest BCUT2D eigenvalue weighted by Crippen LogP contribution is 2.23. The average Bonchev–Trinajstić information content (AvgIpc) is 3.04. The monoisotopic (exact) mass is 386 g/mol. The number of carbonyl (C=O) groups is 1. The molecule has 0 spiro atoms. The fourth-order valence-corrected chi connectivity index (χ4v) is 3.61. The Morgan fingerprint density at radius 1 is 1.00 bits per heavy atom. The van der Waals surface area contributed by atoms with E-state index in [9.17, 15) is 4.79 Å². The fraction of sp³-hybridized carbons (Fsp3) is 0.292. The summed E-state index contributed by atoms with van der Waals surface area (Å²) in [6.45, 7) is 7.73. The van der Waals surface area contributed by atoms with Crippen LogP contribution in [0.2, 0.25) is 0 Å². The number of hydrogen-bond acceptors (Lipinski definition) is 5. The summed E-state index contributed by atoms with van der Waals surface area (Å²) in [5, 5.41) is 3.40. The molecular weight excluding hydrogens is 360 g/mol. The lowest BCUT2D eigenvalue weighted by atomic mass is 10.00. The van der Waals surface area contributed by atoms with Crippen LogP contribution >= 0.6 is 0 Å². The molecule has 4 rings (SSSR count). The van der Waals surface area contributed by atoms with Gasteiger partial charge in [0.25, 0.3) is 0 Å². The van der Waals surface area contributed by atoms with Gasteiger partial charge in [-0.3, -0.25) is 9.78 Å². The molecule has 1 saturated heterocycles. The van der Waals surface area contributed by atoms with E-state index in [4.69, 9.17) is 4.98 Å². The predicted molar refractivity (Wildman–Crippen MR) is 117 cm³/mol. The van der Waals surface area contributed by atoms with E-state index < -0.39 is 0 Å². The molecule has 0 aliphatic carbocycles. The van der Waals surface area contributed by atoms with Crippen molar-refractivity contribution in [1.82, 2.24) is 15.3 Å². The molecule has 0 unspecified atom stereocenters. The number of aromatic nitrogens is 2. The van der Waals surface area contributed by atoms with Crippen molar-refractivity contribution < 1.29 is 4.79 Å². The normalized spacial score (nSPS) is 14.5. The first kappa shape index (κ1) is 19.3. The van der Waals surface area contributed by atoms with Crippen LogP contribution in [-0.4, -0.2) is 41.9 Å². The second-order valence-electron chi connectivity index (χ2n) is 7.52. The maximum atomic E-state index is 13.3. The van der Waals surface area contributed by atoms with Crippen LogP contribution in [-0.2, 0) is 0 Å². The molecule has 1 fully saturated rings. The predicted octanol–water partition coefficient (Wildman–Crippen LogP) is 3.79. The van der Waals surface area contributed by atoms with Gasteiger partial charge in [-0.15, -0.1) is 0 Å². The minimum atomic E-state index is -0.0845. The summed E-state index contributed by atoms with van der Waals surface area (Å²) in [6.07, 6.45) is 2.90. The second kappa shape index (κ2) is 8.53. The number of benzene rings is 1.